The van der Waals surface area contributed by atoms with Crippen molar-refractivity contribution < 1.29 is 40.6 Å². The summed E-state index contributed by atoms with van der Waals surface area (Å²) in [7, 11) is 0. The van der Waals surface area contributed by atoms with Crippen LogP contribution in [-0.4, -0.2) is 66.0 Å². The van der Waals surface area contributed by atoms with E-state index >= 15 is 0 Å². The number of nitriles is 1. The highest BCUT2D eigenvalue weighted by Gasteiger charge is 2.37. The molecule has 0 bridgehead atoms. The number of halogens is 6. The lowest BCUT2D eigenvalue weighted by molar-refractivity contribution is -0.140. The van der Waals surface area contributed by atoms with Crippen LogP contribution in [0.5, 0.6) is 5.75 Å². The summed E-state index contributed by atoms with van der Waals surface area (Å²) < 4.78 is 89.2. The number of hydrogen-bond acceptors (Lipinski definition) is 8. The van der Waals surface area contributed by atoms with E-state index in [4.69, 9.17) is 14.7 Å². The Morgan fingerprint density at radius 3 is 2.24 bits per heavy atom. The molecule has 206 valence electrons. The summed E-state index contributed by atoms with van der Waals surface area (Å²) in [6.07, 6.45) is -7.54. The molecule has 0 atom stereocenters. The molecule has 1 saturated heterocycles. The Morgan fingerprint density at radius 2 is 1.66 bits per heavy atom. The van der Waals surface area contributed by atoms with Gasteiger partial charge in [0, 0.05) is 26.2 Å². The van der Waals surface area contributed by atoms with Crippen LogP contribution in [0.25, 0.3) is 0 Å². The summed E-state index contributed by atoms with van der Waals surface area (Å²) in [6.45, 7) is 1.14. The van der Waals surface area contributed by atoms with Crippen LogP contribution in [0.1, 0.15) is 41.8 Å². The Balaban J connectivity index is 1.19. The molecule has 2 fully saturated rings. The van der Waals surface area contributed by atoms with E-state index in [1.807, 2.05) is 0 Å². The summed E-state index contributed by atoms with van der Waals surface area (Å²) in [5, 5.41) is 14.8. The average molecular weight is 564 g/mol. The molecule has 38 heavy (non-hydrogen) atoms. The van der Waals surface area contributed by atoms with Gasteiger partial charge in [0.2, 0.25) is 16.0 Å². The number of carbonyl (C=O) groups is 1. The fraction of sp³-hybridized carbons (Fsp3) is 0.565. The summed E-state index contributed by atoms with van der Waals surface area (Å²) in [5.74, 6) is -0.188. The molecule has 2 aliphatic rings. The van der Waals surface area contributed by atoms with Crippen molar-refractivity contribution in [3.63, 3.8) is 0 Å². The van der Waals surface area contributed by atoms with Crippen LogP contribution >= 0.6 is 11.3 Å². The number of hydrogen-bond donors (Lipinski definition) is 0. The quantitative estimate of drug-likeness (QED) is 0.478. The van der Waals surface area contributed by atoms with Gasteiger partial charge in [-0.1, -0.05) is 11.3 Å². The van der Waals surface area contributed by atoms with Gasteiger partial charge in [0.1, 0.15) is 12.4 Å². The van der Waals surface area contributed by atoms with Crippen molar-refractivity contribution in [1.29, 1.82) is 5.26 Å². The number of amides is 1. The zero-order chi connectivity index (χ0) is 27.5. The molecular weight excluding hydrogens is 540 g/mol. The highest BCUT2D eigenvalue weighted by atomic mass is 32.1. The van der Waals surface area contributed by atoms with Gasteiger partial charge in [0.25, 0.3) is 0 Å². The Bertz CT molecular complexity index is 1170. The van der Waals surface area contributed by atoms with Gasteiger partial charge in [-0.15, -0.1) is 10.2 Å². The minimum Gasteiger partial charge on any atom is -0.490 e. The first-order valence-electron chi connectivity index (χ1n) is 11.8. The van der Waals surface area contributed by atoms with Crippen molar-refractivity contribution in [3.05, 3.63) is 34.3 Å². The third kappa shape index (κ3) is 6.84. The smallest absolute Gasteiger partial charge is 0.445 e. The van der Waals surface area contributed by atoms with Crippen molar-refractivity contribution in [2.24, 2.45) is 0 Å². The first-order valence-corrected chi connectivity index (χ1v) is 12.6. The molecular formula is C23H23F6N5O3S. The first kappa shape index (κ1) is 27.9. The van der Waals surface area contributed by atoms with Gasteiger partial charge in [-0.25, -0.2) is 0 Å². The zero-order valence-electron chi connectivity index (χ0n) is 19.9. The van der Waals surface area contributed by atoms with Crippen molar-refractivity contribution in [2.45, 2.75) is 50.2 Å². The van der Waals surface area contributed by atoms with E-state index in [2.05, 4.69) is 10.2 Å². The molecule has 1 amide bonds. The number of benzene rings is 1. The minimum absolute atomic E-state index is 0.0400. The van der Waals surface area contributed by atoms with Crippen LogP contribution in [-0.2, 0) is 21.9 Å². The number of anilines is 1. The number of alkyl halides is 6. The molecule has 2 aromatic rings. The molecule has 15 heteroatoms. The summed E-state index contributed by atoms with van der Waals surface area (Å²) in [4.78, 5) is 15.8. The van der Waals surface area contributed by atoms with Gasteiger partial charge in [-0.3, -0.25) is 4.79 Å². The monoisotopic (exact) mass is 563 g/mol. The molecule has 1 aromatic carbocycles. The third-order valence-electron chi connectivity index (χ3n) is 6.34. The second-order valence-corrected chi connectivity index (χ2v) is 9.86. The Morgan fingerprint density at radius 1 is 1.00 bits per heavy atom. The van der Waals surface area contributed by atoms with Crippen molar-refractivity contribution >= 4 is 22.4 Å². The fourth-order valence-corrected chi connectivity index (χ4v) is 5.09. The van der Waals surface area contributed by atoms with Crippen molar-refractivity contribution in [2.75, 3.05) is 37.7 Å². The molecule has 2 heterocycles. The van der Waals surface area contributed by atoms with E-state index < -0.39 is 28.5 Å². The maximum absolute atomic E-state index is 13.2. The summed E-state index contributed by atoms with van der Waals surface area (Å²) in [6, 6.07) is 4.80. The maximum atomic E-state index is 13.2. The van der Waals surface area contributed by atoms with Crippen LogP contribution in [0.15, 0.2) is 18.2 Å². The fourth-order valence-electron chi connectivity index (χ4n) is 4.32. The molecule has 0 N–H and O–H groups in total. The van der Waals surface area contributed by atoms with E-state index in [-0.39, 0.29) is 35.6 Å². The second kappa shape index (κ2) is 11.3. The van der Waals surface area contributed by atoms with E-state index in [1.54, 1.807) is 9.80 Å². The highest BCUT2D eigenvalue weighted by molar-refractivity contribution is 7.15. The predicted molar refractivity (Wildman–Crippen MR) is 122 cm³/mol. The maximum Gasteiger partial charge on any atom is 0.445 e. The average Bonchev–Trinajstić information content (AvgIpc) is 3.39. The van der Waals surface area contributed by atoms with Crippen LogP contribution in [0.4, 0.5) is 31.5 Å². The largest absolute Gasteiger partial charge is 0.490 e. The van der Waals surface area contributed by atoms with Gasteiger partial charge in [-0.2, -0.15) is 31.6 Å². The highest BCUT2D eigenvalue weighted by Crippen LogP contribution is 2.36. The van der Waals surface area contributed by atoms with E-state index in [0.717, 1.165) is 12.1 Å². The van der Waals surface area contributed by atoms with Crippen LogP contribution in [0, 0.1) is 11.3 Å². The van der Waals surface area contributed by atoms with E-state index in [9.17, 15) is 31.1 Å². The molecule has 8 nitrogen and oxygen atoms in total. The van der Waals surface area contributed by atoms with Gasteiger partial charge in [0.15, 0.2) is 0 Å². The molecule has 1 aliphatic carbocycles. The summed E-state index contributed by atoms with van der Waals surface area (Å²) in [5.41, 5.74) is -1.51. The van der Waals surface area contributed by atoms with Gasteiger partial charge in [0.05, 0.1) is 29.4 Å². The summed E-state index contributed by atoms with van der Waals surface area (Å²) >= 11 is 0.466. The van der Waals surface area contributed by atoms with Crippen LogP contribution in [0.2, 0.25) is 0 Å². The third-order valence-corrected chi connectivity index (χ3v) is 7.37. The SMILES string of the molecule is N#Cc1ccc(O[C@H]2CC[C@H](OCC(=O)N3CCN(c4nnc(C(F)(F)F)s4)CC3)CC2)cc1C(F)(F)F. The molecule has 0 spiro atoms. The van der Waals surface area contributed by atoms with Gasteiger partial charge < -0.3 is 19.3 Å². The van der Waals surface area contributed by atoms with Crippen molar-refractivity contribution in [3.8, 4) is 11.8 Å². The van der Waals surface area contributed by atoms with E-state index in [0.29, 0.717) is 63.2 Å². The predicted octanol–water partition coefficient (Wildman–Crippen LogP) is 4.50. The lowest BCUT2D eigenvalue weighted by Crippen LogP contribution is -2.50. The topological polar surface area (TPSA) is 91.6 Å². The number of carbonyl (C=O) groups excluding carboxylic acids is 1. The molecule has 1 saturated carbocycles. The number of aromatic nitrogens is 2. The second-order valence-electron chi connectivity index (χ2n) is 8.90. The number of rotatable bonds is 6. The number of ether oxygens (including phenoxy) is 2. The Labute approximate surface area is 217 Å². The first-order chi connectivity index (χ1) is 17.9. The van der Waals surface area contributed by atoms with Crippen LogP contribution < -0.4 is 9.64 Å². The lowest BCUT2D eigenvalue weighted by atomic mass is 9.95. The zero-order valence-corrected chi connectivity index (χ0v) is 20.7. The lowest BCUT2D eigenvalue weighted by Gasteiger charge is -2.35. The molecule has 0 unspecified atom stereocenters. The Kier molecular flexibility index (Phi) is 8.31. The van der Waals surface area contributed by atoms with Crippen molar-refractivity contribution in [1.82, 2.24) is 15.1 Å². The standard InChI is InChI=1S/C23H23F6N5O3S/c24-22(25,26)18-11-17(2-1-14(18)12-30)37-16-5-3-15(4-6-16)36-13-19(35)33-7-9-34(10-8-33)21-32-31-20(38-21)23(27,28)29/h1-2,11,15-16H,3-10,13H2/t15-,16-. The molecule has 0 radical (unpaired) electrons. The Hall–Kier alpha value is -3.12. The van der Waals surface area contributed by atoms with E-state index in [1.165, 1.54) is 12.1 Å². The number of nitrogens with zero attached hydrogens (tertiary/aromatic N) is 5. The molecule has 1 aromatic heterocycles. The molecule has 1 aliphatic heterocycles. The minimum atomic E-state index is -4.66. The molecule has 4 rings (SSSR count). The van der Waals surface area contributed by atoms with Gasteiger partial charge >= 0.3 is 12.4 Å². The number of piperazine rings is 1. The normalized spacial score (nSPS) is 20.8. The van der Waals surface area contributed by atoms with Gasteiger partial charge in [-0.05, 0) is 43.9 Å². The van der Waals surface area contributed by atoms with Crippen LogP contribution in [0.3, 0.4) is 0 Å².